The van der Waals surface area contributed by atoms with Crippen LogP contribution in [0.2, 0.25) is 0 Å². The molecule has 1 saturated carbocycles. The van der Waals surface area contributed by atoms with Gasteiger partial charge in [-0.25, -0.2) is 9.67 Å². The smallest absolute Gasteiger partial charge is 0.254 e. The summed E-state index contributed by atoms with van der Waals surface area (Å²) in [7, 11) is 0. The van der Waals surface area contributed by atoms with E-state index >= 15 is 0 Å². The Morgan fingerprint density at radius 3 is 2.93 bits per heavy atom. The number of aromatic nitrogens is 3. The number of hydrogen-bond donors (Lipinski definition) is 1. The molecule has 1 amide bonds. The van der Waals surface area contributed by atoms with Gasteiger partial charge in [0.2, 0.25) is 0 Å². The van der Waals surface area contributed by atoms with Crippen molar-refractivity contribution >= 4 is 17.2 Å². The molecule has 156 valence electrons. The summed E-state index contributed by atoms with van der Waals surface area (Å²) in [6, 6.07) is 8.26. The molecule has 3 aromatic heterocycles. The molecule has 0 saturated heterocycles. The van der Waals surface area contributed by atoms with E-state index in [1.165, 1.54) is 36.1 Å². The Morgan fingerprint density at radius 1 is 1.20 bits per heavy atom. The SMILES string of the molecule is O=C(NCCc1cccs1)c1cnn2c1CN(CC1CCCC1)Cc1cccnc1-2. The number of nitrogens with one attached hydrogen (secondary N) is 1. The number of amides is 1. The lowest BCUT2D eigenvalue weighted by molar-refractivity contribution is 0.0951. The van der Waals surface area contributed by atoms with Gasteiger partial charge in [0.05, 0.1) is 17.5 Å². The highest BCUT2D eigenvalue weighted by molar-refractivity contribution is 7.09. The number of rotatable bonds is 6. The first-order valence-electron chi connectivity index (χ1n) is 10.8. The number of carbonyl (C=O) groups is 1. The average Bonchev–Trinajstić information content (AvgIpc) is 3.50. The van der Waals surface area contributed by atoms with Crippen LogP contribution in [0.5, 0.6) is 0 Å². The fourth-order valence-electron chi connectivity index (χ4n) is 4.69. The Bertz CT molecular complexity index is 1010. The van der Waals surface area contributed by atoms with Crippen molar-refractivity contribution in [3.63, 3.8) is 0 Å². The van der Waals surface area contributed by atoms with Gasteiger partial charge in [0.15, 0.2) is 5.82 Å². The molecule has 1 N–H and O–H groups in total. The first-order valence-corrected chi connectivity index (χ1v) is 11.7. The molecule has 1 aliphatic carbocycles. The highest BCUT2D eigenvalue weighted by atomic mass is 32.1. The zero-order chi connectivity index (χ0) is 20.3. The molecule has 2 aliphatic rings. The summed E-state index contributed by atoms with van der Waals surface area (Å²) in [5.41, 5.74) is 2.78. The van der Waals surface area contributed by atoms with E-state index in [-0.39, 0.29) is 5.91 Å². The van der Waals surface area contributed by atoms with Crippen molar-refractivity contribution in [2.75, 3.05) is 13.1 Å². The number of carbonyl (C=O) groups excluding carboxylic acids is 1. The number of pyridine rings is 1. The second-order valence-corrected chi connectivity index (χ2v) is 9.34. The lowest BCUT2D eigenvalue weighted by Gasteiger charge is -2.24. The standard InChI is InChI=1S/C23H27N5OS/c29-23(25-11-9-19-8-4-12-30-19)20-13-26-28-21(20)16-27(14-17-5-1-2-6-17)15-18-7-3-10-24-22(18)28/h3-4,7-8,10,12-13,17H,1-2,5-6,9,11,14-16H2,(H,25,29). The lowest BCUT2D eigenvalue weighted by atomic mass is 10.1. The van der Waals surface area contributed by atoms with Crippen molar-refractivity contribution in [1.82, 2.24) is 25.0 Å². The van der Waals surface area contributed by atoms with Gasteiger partial charge >= 0.3 is 0 Å². The van der Waals surface area contributed by atoms with Gasteiger partial charge in [-0.2, -0.15) is 5.10 Å². The Morgan fingerprint density at radius 2 is 2.10 bits per heavy atom. The van der Waals surface area contributed by atoms with Crippen LogP contribution in [-0.4, -0.2) is 38.7 Å². The molecule has 0 unspecified atom stereocenters. The Labute approximate surface area is 180 Å². The summed E-state index contributed by atoms with van der Waals surface area (Å²) >= 11 is 1.72. The minimum absolute atomic E-state index is 0.0481. The summed E-state index contributed by atoms with van der Waals surface area (Å²) in [5.74, 6) is 1.55. The molecule has 5 rings (SSSR count). The minimum Gasteiger partial charge on any atom is -0.352 e. The maximum atomic E-state index is 13.0. The van der Waals surface area contributed by atoms with Gasteiger partial charge in [-0.3, -0.25) is 9.69 Å². The molecule has 0 radical (unpaired) electrons. The van der Waals surface area contributed by atoms with Gasteiger partial charge < -0.3 is 5.32 Å². The van der Waals surface area contributed by atoms with Crippen LogP contribution >= 0.6 is 11.3 Å². The van der Waals surface area contributed by atoms with E-state index in [1.54, 1.807) is 23.7 Å². The van der Waals surface area contributed by atoms with Crippen molar-refractivity contribution in [3.8, 4) is 5.82 Å². The monoisotopic (exact) mass is 421 g/mol. The van der Waals surface area contributed by atoms with Crippen molar-refractivity contribution < 1.29 is 4.79 Å². The lowest BCUT2D eigenvalue weighted by Crippen LogP contribution is -2.30. The third-order valence-corrected chi connectivity index (χ3v) is 7.11. The molecule has 0 bridgehead atoms. The molecule has 0 aromatic carbocycles. The highest BCUT2D eigenvalue weighted by Gasteiger charge is 2.28. The molecule has 30 heavy (non-hydrogen) atoms. The van der Waals surface area contributed by atoms with Crippen LogP contribution in [0, 0.1) is 5.92 Å². The second kappa shape index (κ2) is 8.70. The quantitative estimate of drug-likeness (QED) is 0.657. The van der Waals surface area contributed by atoms with Crippen molar-refractivity contribution in [2.45, 2.75) is 45.2 Å². The fraction of sp³-hybridized carbons (Fsp3) is 0.435. The molecule has 1 fully saturated rings. The number of nitrogens with zero attached hydrogens (tertiary/aromatic N) is 4. The topological polar surface area (TPSA) is 63.1 Å². The van der Waals surface area contributed by atoms with Crippen LogP contribution < -0.4 is 5.32 Å². The zero-order valence-corrected chi connectivity index (χ0v) is 17.9. The van der Waals surface area contributed by atoms with Crippen molar-refractivity contribution in [3.05, 3.63) is 63.7 Å². The normalized spacial score (nSPS) is 16.8. The highest BCUT2D eigenvalue weighted by Crippen LogP contribution is 2.29. The number of hydrogen-bond acceptors (Lipinski definition) is 5. The predicted octanol–water partition coefficient (Wildman–Crippen LogP) is 3.81. The van der Waals surface area contributed by atoms with E-state index in [0.29, 0.717) is 12.1 Å². The minimum atomic E-state index is -0.0481. The van der Waals surface area contributed by atoms with Gasteiger partial charge in [-0.15, -0.1) is 11.3 Å². The molecule has 6 nitrogen and oxygen atoms in total. The molecule has 0 atom stereocenters. The third kappa shape index (κ3) is 4.04. The summed E-state index contributed by atoms with van der Waals surface area (Å²) in [6.45, 7) is 3.27. The van der Waals surface area contributed by atoms with Gasteiger partial charge in [-0.05, 0) is 42.7 Å². The fourth-order valence-corrected chi connectivity index (χ4v) is 5.40. The molecular formula is C23H27N5OS. The van der Waals surface area contributed by atoms with E-state index < -0.39 is 0 Å². The van der Waals surface area contributed by atoms with E-state index in [0.717, 1.165) is 43.5 Å². The zero-order valence-electron chi connectivity index (χ0n) is 17.1. The first kappa shape index (κ1) is 19.5. The molecule has 1 aliphatic heterocycles. The number of fused-ring (bicyclic) bond motifs is 3. The summed E-state index contributed by atoms with van der Waals surface area (Å²) in [5, 5.41) is 9.72. The first-order chi connectivity index (χ1) is 14.8. The van der Waals surface area contributed by atoms with Gasteiger partial charge in [0, 0.05) is 42.8 Å². The number of thiophene rings is 1. The van der Waals surface area contributed by atoms with Gasteiger partial charge in [0.1, 0.15) is 0 Å². The maximum absolute atomic E-state index is 13.0. The molecular weight excluding hydrogens is 394 g/mol. The van der Waals surface area contributed by atoms with Gasteiger partial charge in [0.25, 0.3) is 5.91 Å². The van der Waals surface area contributed by atoms with Crippen LogP contribution in [0.1, 0.15) is 52.2 Å². The molecule has 3 aromatic rings. The van der Waals surface area contributed by atoms with E-state index in [9.17, 15) is 4.79 Å². The maximum Gasteiger partial charge on any atom is 0.254 e. The average molecular weight is 422 g/mol. The van der Waals surface area contributed by atoms with Crippen molar-refractivity contribution in [2.24, 2.45) is 5.92 Å². The Kier molecular flexibility index (Phi) is 5.64. The van der Waals surface area contributed by atoms with Crippen LogP contribution in [0.4, 0.5) is 0 Å². The predicted molar refractivity (Wildman–Crippen MR) is 118 cm³/mol. The largest absolute Gasteiger partial charge is 0.352 e. The van der Waals surface area contributed by atoms with Crippen molar-refractivity contribution in [1.29, 1.82) is 0 Å². The summed E-state index contributed by atoms with van der Waals surface area (Å²) < 4.78 is 1.87. The van der Waals surface area contributed by atoms with E-state index in [2.05, 4.69) is 37.8 Å². The van der Waals surface area contributed by atoms with Crippen LogP contribution in [0.3, 0.4) is 0 Å². The van der Waals surface area contributed by atoms with E-state index in [4.69, 9.17) is 0 Å². The molecule has 7 heteroatoms. The van der Waals surface area contributed by atoms with E-state index in [1.807, 2.05) is 16.8 Å². The van der Waals surface area contributed by atoms with Crippen LogP contribution in [0.25, 0.3) is 5.82 Å². The summed E-state index contributed by atoms with van der Waals surface area (Å²) in [6.07, 6.45) is 9.66. The van der Waals surface area contributed by atoms with Crippen LogP contribution in [0.15, 0.2) is 42.0 Å². The summed E-state index contributed by atoms with van der Waals surface area (Å²) in [4.78, 5) is 21.3. The molecule has 4 heterocycles. The Balaban J connectivity index is 1.38. The Hall–Kier alpha value is -2.51. The third-order valence-electron chi connectivity index (χ3n) is 6.18. The van der Waals surface area contributed by atoms with Crippen LogP contribution in [-0.2, 0) is 19.5 Å². The molecule has 0 spiro atoms. The second-order valence-electron chi connectivity index (χ2n) is 8.31. The van der Waals surface area contributed by atoms with Gasteiger partial charge in [-0.1, -0.05) is 25.0 Å².